The number of imidazole rings is 1. The first-order valence-electron chi connectivity index (χ1n) is 10.4. The smallest absolute Gasteiger partial charge is 0.378 e. The van der Waals surface area contributed by atoms with Gasteiger partial charge in [-0.2, -0.15) is 13.2 Å². The number of benzene rings is 2. The lowest BCUT2D eigenvalue weighted by molar-refractivity contribution is -0.144. The first-order chi connectivity index (χ1) is 16.0. The number of hydrogen-bond donors (Lipinski definition) is 3. The van der Waals surface area contributed by atoms with Gasteiger partial charge < -0.3 is 25.3 Å². The van der Waals surface area contributed by atoms with Crippen molar-refractivity contribution >= 4 is 39.6 Å². The second kappa shape index (κ2) is 8.62. The van der Waals surface area contributed by atoms with Gasteiger partial charge in [0.05, 0.1) is 24.4 Å². The van der Waals surface area contributed by atoms with Crippen LogP contribution in [0.3, 0.4) is 0 Å². The van der Waals surface area contributed by atoms with E-state index >= 15 is 0 Å². The number of ether oxygens (including phenoxy) is 1. The highest BCUT2D eigenvalue weighted by Gasteiger charge is 2.35. The normalized spacial score (nSPS) is 14.5. The van der Waals surface area contributed by atoms with E-state index in [4.69, 9.17) is 4.74 Å². The van der Waals surface area contributed by atoms with Crippen molar-refractivity contribution in [1.29, 1.82) is 0 Å². The molecule has 0 aliphatic carbocycles. The standard InChI is InChI=1S/C23H21F3N6O/c24-23(25,26)22-30-19-3-1-2-18(21(19)31-22)28-16-8-9-27-20(14-16)29-15-4-6-17(7-5-15)32-10-12-33-13-11-32/h1-9,14H,10-13H2,(H,30,31)(H2,27,28,29). The van der Waals surface area contributed by atoms with Crippen LogP contribution in [0.25, 0.3) is 11.0 Å². The number of rotatable bonds is 5. The summed E-state index contributed by atoms with van der Waals surface area (Å²) in [4.78, 5) is 12.7. The molecule has 33 heavy (non-hydrogen) atoms. The molecule has 1 saturated heterocycles. The van der Waals surface area contributed by atoms with E-state index in [0.717, 1.165) is 37.7 Å². The van der Waals surface area contributed by atoms with Gasteiger partial charge in [-0.3, -0.25) is 0 Å². The van der Waals surface area contributed by atoms with Gasteiger partial charge in [-0.05, 0) is 42.5 Å². The molecule has 0 atom stereocenters. The average Bonchev–Trinajstić information content (AvgIpc) is 3.27. The zero-order valence-corrected chi connectivity index (χ0v) is 17.5. The predicted molar refractivity (Wildman–Crippen MR) is 121 cm³/mol. The van der Waals surface area contributed by atoms with Gasteiger partial charge in [-0.25, -0.2) is 9.97 Å². The maximum Gasteiger partial charge on any atom is 0.449 e. The van der Waals surface area contributed by atoms with Crippen molar-refractivity contribution in [2.75, 3.05) is 41.8 Å². The number of hydrogen-bond acceptors (Lipinski definition) is 6. The maximum atomic E-state index is 13.0. The molecule has 10 heteroatoms. The number of alkyl halides is 3. The highest BCUT2D eigenvalue weighted by molar-refractivity contribution is 5.90. The molecular formula is C23H21F3N6O. The molecule has 1 fully saturated rings. The van der Waals surface area contributed by atoms with Crippen LogP contribution in [0.2, 0.25) is 0 Å². The van der Waals surface area contributed by atoms with Crippen molar-refractivity contribution in [3.8, 4) is 0 Å². The number of H-pyrrole nitrogens is 1. The summed E-state index contributed by atoms with van der Waals surface area (Å²) < 4.78 is 44.5. The van der Waals surface area contributed by atoms with Crippen molar-refractivity contribution in [2.45, 2.75) is 6.18 Å². The Morgan fingerprint density at radius 2 is 1.73 bits per heavy atom. The molecule has 7 nitrogen and oxygen atoms in total. The molecule has 3 N–H and O–H groups in total. The Kier molecular flexibility index (Phi) is 5.51. The Morgan fingerprint density at radius 3 is 2.48 bits per heavy atom. The van der Waals surface area contributed by atoms with Crippen LogP contribution in [0.1, 0.15) is 5.82 Å². The van der Waals surface area contributed by atoms with Crippen LogP contribution in [-0.4, -0.2) is 41.3 Å². The van der Waals surface area contributed by atoms with Crippen LogP contribution in [0.5, 0.6) is 0 Å². The lowest BCUT2D eigenvalue weighted by atomic mass is 10.2. The predicted octanol–water partition coefficient (Wildman–Crippen LogP) is 5.30. The van der Waals surface area contributed by atoms with E-state index in [1.807, 2.05) is 24.3 Å². The molecule has 0 unspecified atom stereocenters. The summed E-state index contributed by atoms with van der Waals surface area (Å²) >= 11 is 0. The van der Waals surface area contributed by atoms with Gasteiger partial charge in [0.25, 0.3) is 0 Å². The molecule has 3 heterocycles. The lowest BCUT2D eigenvalue weighted by Gasteiger charge is -2.28. The van der Waals surface area contributed by atoms with Crippen LogP contribution >= 0.6 is 0 Å². The third-order valence-corrected chi connectivity index (χ3v) is 5.34. The number of aromatic amines is 1. The van der Waals surface area contributed by atoms with Crippen molar-refractivity contribution in [3.63, 3.8) is 0 Å². The number of fused-ring (bicyclic) bond motifs is 1. The van der Waals surface area contributed by atoms with E-state index in [-0.39, 0.29) is 5.52 Å². The zero-order valence-electron chi connectivity index (χ0n) is 17.5. The van der Waals surface area contributed by atoms with E-state index in [1.165, 1.54) is 0 Å². The first-order valence-corrected chi connectivity index (χ1v) is 10.4. The minimum atomic E-state index is -4.54. The topological polar surface area (TPSA) is 78.1 Å². The highest BCUT2D eigenvalue weighted by Crippen LogP contribution is 2.32. The van der Waals surface area contributed by atoms with Crippen molar-refractivity contribution in [1.82, 2.24) is 15.0 Å². The lowest BCUT2D eigenvalue weighted by Crippen LogP contribution is -2.36. The maximum absolute atomic E-state index is 13.0. The molecule has 2 aromatic heterocycles. The number of para-hydroxylation sites is 1. The molecule has 1 aliphatic heterocycles. The SMILES string of the molecule is FC(F)(F)c1nc2c(Nc3ccnc(Nc4ccc(N5CCOCC5)cc4)c3)cccc2[nH]1. The van der Waals surface area contributed by atoms with Gasteiger partial charge in [0, 0.05) is 42.4 Å². The number of nitrogens with zero attached hydrogens (tertiary/aromatic N) is 3. The van der Waals surface area contributed by atoms with Crippen LogP contribution in [-0.2, 0) is 10.9 Å². The molecule has 0 saturated carbocycles. The van der Waals surface area contributed by atoms with Crippen molar-refractivity contribution in [3.05, 3.63) is 66.6 Å². The Morgan fingerprint density at radius 1 is 0.939 bits per heavy atom. The van der Waals surface area contributed by atoms with Crippen molar-refractivity contribution in [2.24, 2.45) is 0 Å². The summed E-state index contributed by atoms with van der Waals surface area (Å²) in [5, 5.41) is 6.40. The van der Waals surface area contributed by atoms with E-state index in [2.05, 4.69) is 30.5 Å². The van der Waals surface area contributed by atoms with E-state index in [9.17, 15) is 13.2 Å². The van der Waals surface area contributed by atoms with Crippen molar-refractivity contribution < 1.29 is 17.9 Å². The molecule has 1 aliphatic rings. The van der Waals surface area contributed by atoms with Crippen LogP contribution in [0.15, 0.2) is 60.8 Å². The van der Waals surface area contributed by atoms with E-state index < -0.39 is 12.0 Å². The highest BCUT2D eigenvalue weighted by atomic mass is 19.4. The third-order valence-electron chi connectivity index (χ3n) is 5.34. The number of pyridine rings is 1. The summed E-state index contributed by atoms with van der Waals surface area (Å²) in [6.45, 7) is 3.20. The van der Waals surface area contributed by atoms with Crippen LogP contribution < -0.4 is 15.5 Å². The molecule has 5 rings (SSSR count). The first kappa shape index (κ1) is 21.1. The second-order valence-corrected chi connectivity index (χ2v) is 7.61. The largest absolute Gasteiger partial charge is 0.449 e. The Labute approximate surface area is 187 Å². The molecule has 0 amide bonds. The minimum absolute atomic E-state index is 0.217. The van der Waals surface area contributed by atoms with E-state index in [0.29, 0.717) is 22.7 Å². The molecule has 4 aromatic rings. The zero-order chi connectivity index (χ0) is 22.8. The van der Waals surface area contributed by atoms with Crippen LogP contribution in [0, 0.1) is 0 Å². The number of anilines is 5. The Bertz CT molecular complexity index is 1250. The summed E-state index contributed by atoms with van der Waals surface area (Å²) in [5.74, 6) is -0.423. The second-order valence-electron chi connectivity index (χ2n) is 7.61. The monoisotopic (exact) mass is 454 g/mol. The molecule has 0 spiro atoms. The Balaban J connectivity index is 1.32. The number of morpholine rings is 1. The molecule has 170 valence electrons. The van der Waals surface area contributed by atoms with Crippen LogP contribution in [0.4, 0.5) is 41.7 Å². The quantitative estimate of drug-likeness (QED) is 0.380. The van der Waals surface area contributed by atoms with Gasteiger partial charge in [-0.1, -0.05) is 6.07 Å². The summed E-state index contributed by atoms with van der Waals surface area (Å²) in [6.07, 6.45) is -2.92. The number of halogens is 3. The fourth-order valence-corrected chi connectivity index (χ4v) is 3.72. The molecule has 0 radical (unpaired) electrons. The third kappa shape index (κ3) is 4.70. The average molecular weight is 454 g/mol. The fourth-order valence-electron chi connectivity index (χ4n) is 3.72. The number of aromatic nitrogens is 3. The van der Waals surface area contributed by atoms with Gasteiger partial charge in [0.15, 0.2) is 0 Å². The molecule has 0 bridgehead atoms. The number of nitrogens with one attached hydrogen (secondary N) is 3. The fraction of sp³-hybridized carbons (Fsp3) is 0.217. The molecule has 2 aromatic carbocycles. The van der Waals surface area contributed by atoms with Gasteiger partial charge in [0.1, 0.15) is 11.3 Å². The summed E-state index contributed by atoms with van der Waals surface area (Å²) in [5.41, 5.74) is 3.67. The molecular weight excluding hydrogens is 433 g/mol. The van der Waals surface area contributed by atoms with E-state index in [1.54, 1.807) is 36.5 Å². The van der Waals surface area contributed by atoms with Gasteiger partial charge in [0.2, 0.25) is 5.82 Å². The van der Waals surface area contributed by atoms with Gasteiger partial charge in [-0.15, -0.1) is 0 Å². The summed E-state index contributed by atoms with van der Waals surface area (Å²) in [6, 6.07) is 16.5. The summed E-state index contributed by atoms with van der Waals surface area (Å²) in [7, 11) is 0. The Hall–Kier alpha value is -3.79. The van der Waals surface area contributed by atoms with Gasteiger partial charge >= 0.3 is 6.18 Å². The minimum Gasteiger partial charge on any atom is -0.378 e.